The second-order valence-corrected chi connectivity index (χ2v) is 13.8. The number of aromatic hydroxyl groups is 1. The number of aromatic nitrogens is 5. The Morgan fingerprint density at radius 2 is 1.87 bits per heavy atom. The summed E-state index contributed by atoms with van der Waals surface area (Å²) < 4.78 is 12.6. The van der Waals surface area contributed by atoms with Gasteiger partial charge >= 0.3 is 147 Å². The van der Waals surface area contributed by atoms with Gasteiger partial charge in [-0.15, -0.1) is 10.2 Å². The van der Waals surface area contributed by atoms with Gasteiger partial charge in [-0.25, -0.2) is 0 Å². The molecule has 1 saturated carbocycles. The topological polar surface area (TPSA) is 119 Å². The molecule has 1 aliphatic carbocycles. The van der Waals surface area contributed by atoms with Crippen LogP contribution in [-0.2, 0) is 9.53 Å². The number of phenolic OH excluding ortho intramolecular Hbond substituents is 1. The van der Waals surface area contributed by atoms with Crippen LogP contribution in [0.2, 0.25) is 5.32 Å². The summed E-state index contributed by atoms with van der Waals surface area (Å²) in [4.78, 5) is 19.0. The number of nitrogens with zero attached hydrogens (tertiary/aromatic N) is 6. The maximum absolute atomic E-state index is 12.0. The van der Waals surface area contributed by atoms with E-state index in [0.717, 1.165) is 45.5 Å². The van der Waals surface area contributed by atoms with Crippen LogP contribution in [0.4, 0.5) is 5.82 Å². The van der Waals surface area contributed by atoms with Crippen molar-refractivity contribution in [2.24, 2.45) is 5.92 Å². The van der Waals surface area contributed by atoms with Crippen LogP contribution in [0.1, 0.15) is 63.8 Å². The zero-order chi connectivity index (χ0) is 32.8. The van der Waals surface area contributed by atoms with Gasteiger partial charge in [-0.3, -0.25) is 0 Å². The molecule has 0 amide bonds. The summed E-state index contributed by atoms with van der Waals surface area (Å²) in [6.07, 6.45) is 6.37. The minimum atomic E-state index is -0.452. The first-order valence-corrected chi connectivity index (χ1v) is 18.2. The van der Waals surface area contributed by atoms with E-state index >= 15 is 0 Å². The van der Waals surface area contributed by atoms with Crippen molar-refractivity contribution in [3.8, 4) is 28.3 Å². The molecule has 1 aromatic carbocycles. The molecule has 7 rings (SSSR count). The van der Waals surface area contributed by atoms with Crippen molar-refractivity contribution >= 4 is 37.8 Å². The van der Waals surface area contributed by atoms with E-state index in [1.165, 1.54) is 25.3 Å². The number of carbonyl (C=O) groups is 1. The van der Waals surface area contributed by atoms with Crippen LogP contribution < -0.4 is 4.90 Å². The number of rotatable bonds is 7. The number of methoxy groups -OCH3 is 1. The normalized spacial score (nSPS) is 14.8. The first-order valence-electron chi connectivity index (χ1n) is 15.8. The SMILES string of the molecule is CC.COC(=O)C(c1cc(-c2cnc(N3CC[Se]C3)c(C)c2)no1)C(C)C.Oc1ccccc1-c1cc2c(ccn2C2CC2)nn1. The van der Waals surface area contributed by atoms with Gasteiger partial charge < -0.3 is 9.67 Å². The Kier molecular flexibility index (Phi) is 10.8. The van der Waals surface area contributed by atoms with Crippen molar-refractivity contribution in [1.82, 2.24) is 24.9 Å². The van der Waals surface area contributed by atoms with Crippen LogP contribution >= 0.6 is 0 Å². The summed E-state index contributed by atoms with van der Waals surface area (Å²) >= 11 is 0.702. The monoisotopic (exact) mass is 690 g/mol. The average molecular weight is 690 g/mol. The Hall–Kier alpha value is -4.21. The zero-order valence-electron chi connectivity index (χ0n) is 27.3. The fourth-order valence-electron chi connectivity index (χ4n) is 5.48. The molecule has 4 aromatic heterocycles. The first-order chi connectivity index (χ1) is 22.3. The molecular formula is C35H42N6O4Se. The van der Waals surface area contributed by atoms with Gasteiger partial charge in [0.05, 0.1) is 18.3 Å². The molecule has 1 aliphatic heterocycles. The number of ether oxygens (including phenoxy) is 1. The van der Waals surface area contributed by atoms with Gasteiger partial charge in [-0.05, 0) is 37.1 Å². The summed E-state index contributed by atoms with van der Waals surface area (Å²) in [6.45, 7) is 11.1. The minimum absolute atomic E-state index is 0.0625. The van der Waals surface area contributed by atoms with Gasteiger partial charge in [-0.2, -0.15) is 0 Å². The molecule has 10 nitrogen and oxygen atoms in total. The van der Waals surface area contributed by atoms with Crippen molar-refractivity contribution < 1.29 is 19.2 Å². The maximum atomic E-state index is 12.0. The quantitative estimate of drug-likeness (QED) is 0.142. The Balaban J connectivity index is 0.000000177. The van der Waals surface area contributed by atoms with Crippen molar-refractivity contribution in [2.45, 2.75) is 64.7 Å². The molecule has 11 heteroatoms. The van der Waals surface area contributed by atoms with Gasteiger partial charge in [0.1, 0.15) is 11.3 Å². The molecule has 2 aliphatic rings. The van der Waals surface area contributed by atoms with E-state index in [-0.39, 0.29) is 17.6 Å². The van der Waals surface area contributed by atoms with Crippen LogP contribution in [0, 0.1) is 12.8 Å². The van der Waals surface area contributed by atoms with E-state index in [0.29, 0.717) is 38.1 Å². The Bertz CT molecular complexity index is 1770. The van der Waals surface area contributed by atoms with Crippen LogP contribution in [0.15, 0.2) is 65.4 Å². The molecule has 2 fully saturated rings. The second kappa shape index (κ2) is 14.9. The molecule has 0 radical (unpaired) electrons. The van der Waals surface area contributed by atoms with Crippen LogP contribution in [0.5, 0.6) is 5.75 Å². The van der Waals surface area contributed by atoms with E-state index < -0.39 is 5.92 Å². The van der Waals surface area contributed by atoms with E-state index in [1.807, 2.05) is 64.2 Å². The third-order valence-electron chi connectivity index (χ3n) is 7.95. The fraction of sp³-hybridized carbons (Fsp3) is 0.400. The number of esters is 1. The summed E-state index contributed by atoms with van der Waals surface area (Å²) in [6, 6.07) is 15.7. The molecular weight excluding hydrogens is 647 g/mol. The minimum Gasteiger partial charge on any atom is -0.507 e. The molecule has 5 heterocycles. The molecule has 1 N–H and O–H groups in total. The van der Waals surface area contributed by atoms with Gasteiger partial charge in [-0.1, -0.05) is 26.0 Å². The summed E-state index contributed by atoms with van der Waals surface area (Å²) in [5, 5.41) is 23.8. The predicted octanol–water partition coefficient (Wildman–Crippen LogP) is 7.02. The molecule has 1 atom stereocenters. The number of para-hydroxylation sites is 1. The van der Waals surface area contributed by atoms with E-state index in [9.17, 15) is 9.90 Å². The van der Waals surface area contributed by atoms with E-state index in [4.69, 9.17) is 9.26 Å². The summed E-state index contributed by atoms with van der Waals surface area (Å²) in [5.74, 6) is 1.13. The third kappa shape index (κ3) is 7.26. The van der Waals surface area contributed by atoms with Crippen molar-refractivity contribution in [3.05, 3.63) is 72.2 Å². The molecule has 46 heavy (non-hydrogen) atoms. The number of hydrogen-bond donors (Lipinski definition) is 1. The van der Waals surface area contributed by atoms with Crippen LogP contribution in [-0.4, -0.2) is 70.0 Å². The second-order valence-electron chi connectivity index (χ2n) is 11.5. The number of benzene rings is 1. The Morgan fingerprint density at radius 3 is 2.52 bits per heavy atom. The van der Waals surface area contributed by atoms with Crippen molar-refractivity contribution in [2.75, 3.05) is 24.0 Å². The Morgan fingerprint density at radius 1 is 1.09 bits per heavy atom. The zero-order valence-corrected chi connectivity index (χ0v) is 29.0. The molecule has 1 unspecified atom stereocenters. The summed E-state index contributed by atoms with van der Waals surface area (Å²) in [7, 11) is 1.39. The number of fused-ring (bicyclic) bond motifs is 1. The molecule has 5 aromatic rings. The average Bonchev–Trinajstić information content (AvgIpc) is 3.42. The Labute approximate surface area is 276 Å². The number of hydrogen-bond acceptors (Lipinski definition) is 9. The standard InChI is InChI=1S/C18H23N3O3Se.C15H13N3O.C2H6/c1-11(2)16(18(22)23-4)15-8-14(20-24-15)13-7-12(3)17(19-9-13)21-5-6-25-10-21;19-15-4-2-1-3-11(15)13-9-14-12(16-17-13)7-8-18(14)10-5-6-10;1-2/h7-9,11,16H,5-6,10H2,1-4H3;1-4,7-10,19H,5-6H2;1-2H3. The third-order valence-corrected chi connectivity index (χ3v) is 9.97. The molecule has 1 saturated heterocycles. The number of pyridine rings is 1. The fourth-order valence-corrected chi connectivity index (χ4v) is 7.47. The van der Waals surface area contributed by atoms with Crippen LogP contribution in [0.25, 0.3) is 33.5 Å². The van der Waals surface area contributed by atoms with E-state index in [1.54, 1.807) is 12.1 Å². The predicted molar refractivity (Wildman–Crippen MR) is 181 cm³/mol. The summed E-state index contributed by atoms with van der Waals surface area (Å²) in [5.41, 5.74) is 7.29. The van der Waals surface area contributed by atoms with Crippen LogP contribution in [0.3, 0.4) is 0 Å². The molecule has 242 valence electrons. The van der Waals surface area contributed by atoms with Gasteiger partial charge in [0.15, 0.2) is 0 Å². The van der Waals surface area contributed by atoms with Gasteiger partial charge in [0.2, 0.25) is 0 Å². The first kappa shape index (κ1) is 33.2. The number of anilines is 1. The number of phenols is 1. The van der Waals surface area contributed by atoms with Crippen molar-refractivity contribution in [1.29, 1.82) is 0 Å². The van der Waals surface area contributed by atoms with Gasteiger partial charge in [0, 0.05) is 17.8 Å². The molecule has 0 spiro atoms. The van der Waals surface area contributed by atoms with Gasteiger partial charge in [0.25, 0.3) is 0 Å². The smallest absolute Gasteiger partial charge is 0.507 e. The number of carbonyl (C=O) groups excluding carboxylic acids is 1. The van der Waals surface area contributed by atoms with E-state index in [2.05, 4.69) is 49.0 Å². The van der Waals surface area contributed by atoms with Crippen molar-refractivity contribution in [3.63, 3.8) is 0 Å². The number of aryl methyl sites for hydroxylation is 1. The molecule has 0 bridgehead atoms.